The van der Waals surface area contributed by atoms with Crippen LogP contribution in [0.15, 0.2) is 24.3 Å². The summed E-state index contributed by atoms with van der Waals surface area (Å²) < 4.78 is 23.5. The molecule has 3 rings (SSSR count). The van der Waals surface area contributed by atoms with Gasteiger partial charge in [0, 0.05) is 24.5 Å². The van der Waals surface area contributed by atoms with Gasteiger partial charge in [-0.15, -0.1) is 0 Å². The molecule has 120 valence electrons. The van der Waals surface area contributed by atoms with Gasteiger partial charge in [0.25, 0.3) is 0 Å². The number of nitrogens with one attached hydrogen (secondary N) is 1. The lowest BCUT2D eigenvalue weighted by Gasteiger charge is -2.24. The van der Waals surface area contributed by atoms with Crippen molar-refractivity contribution in [1.29, 1.82) is 0 Å². The number of nitrogens with zero attached hydrogens (tertiary/aromatic N) is 2. The Morgan fingerprint density at radius 1 is 1.18 bits per heavy atom. The highest BCUT2D eigenvalue weighted by atomic mass is 32.2. The Kier molecular flexibility index (Phi) is 3.76. The highest BCUT2D eigenvalue weighted by Crippen LogP contribution is 2.30. The van der Waals surface area contributed by atoms with Gasteiger partial charge >= 0.3 is 6.03 Å². The second-order valence-corrected chi connectivity index (χ2v) is 7.91. The summed E-state index contributed by atoms with van der Waals surface area (Å²) in [7, 11) is -3.06. The number of hydrogen-bond acceptors (Lipinski definition) is 4. The quantitative estimate of drug-likeness (QED) is 0.846. The zero-order valence-corrected chi connectivity index (χ0v) is 13.6. The maximum absolute atomic E-state index is 12.1. The Morgan fingerprint density at radius 3 is 2.41 bits per heavy atom. The van der Waals surface area contributed by atoms with Crippen LogP contribution in [-0.4, -0.2) is 51.1 Å². The molecule has 2 heterocycles. The van der Waals surface area contributed by atoms with Crippen molar-refractivity contribution in [2.24, 2.45) is 0 Å². The maximum Gasteiger partial charge on any atom is 0.322 e. The Bertz CT molecular complexity index is 668. The molecule has 1 aromatic rings. The summed E-state index contributed by atoms with van der Waals surface area (Å²) in [5, 5.41) is 2.78. The molecule has 2 aliphatic rings. The first-order valence-corrected chi connectivity index (χ1v) is 9.42. The molecule has 0 aliphatic carbocycles. The fourth-order valence-electron chi connectivity index (χ4n) is 3.32. The first-order valence-electron chi connectivity index (χ1n) is 7.60. The molecule has 2 aliphatic heterocycles. The second-order valence-electron chi connectivity index (χ2n) is 5.76. The molecule has 0 saturated carbocycles. The van der Waals surface area contributed by atoms with Crippen molar-refractivity contribution in [3.05, 3.63) is 24.3 Å². The van der Waals surface area contributed by atoms with Gasteiger partial charge in [-0.1, -0.05) is 0 Å². The number of carbonyl (C=O) groups is 1. The minimum atomic E-state index is -3.06. The van der Waals surface area contributed by atoms with E-state index in [-0.39, 0.29) is 29.6 Å². The van der Waals surface area contributed by atoms with E-state index in [0.29, 0.717) is 0 Å². The SMILES string of the molecule is CCN(CC)c1ccc(N2C(=O)NC3CS(=O)(=O)CC32)cc1. The number of fused-ring (bicyclic) bond motifs is 1. The number of benzene rings is 1. The van der Waals surface area contributed by atoms with Crippen LogP contribution < -0.4 is 15.1 Å². The van der Waals surface area contributed by atoms with Crippen molar-refractivity contribution in [3.63, 3.8) is 0 Å². The molecule has 2 atom stereocenters. The van der Waals surface area contributed by atoms with Crippen LogP contribution in [0.2, 0.25) is 0 Å². The van der Waals surface area contributed by atoms with E-state index < -0.39 is 9.84 Å². The number of hydrogen-bond donors (Lipinski definition) is 1. The van der Waals surface area contributed by atoms with E-state index in [9.17, 15) is 13.2 Å². The van der Waals surface area contributed by atoms with Crippen molar-refractivity contribution >= 4 is 27.2 Å². The molecule has 2 unspecified atom stereocenters. The van der Waals surface area contributed by atoms with Crippen LogP contribution in [0.5, 0.6) is 0 Å². The van der Waals surface area contributed by atoms with Crippen molar-refractivity contribution in [1.82, 2.24) is 5.32 Å². The third kappa shape index (κ3) is 2.54. The first kappa shape index (κ1) is 15.1. The van der Waals surface area contributed by atoms with E-state index in [4.69, 9.17) is 0 Å². The molecule has 22 heavy (non-hydrogen) atoms. The van der Waals surface area contributed by atoms with E-state index in [1.165, 1.54) is 0 Å². The number of rotatable bonds is 4. The number of carbonyl (C=O) groups excluding carboxylic acids is 1. The van der Waals surface area contributed by atoms with E-state index in [1.807, 2.05) is 24.3 Å². The zero-order valence-electron chi connectivity index (χ0n) is 12.8. The van der Waals surface area contributed by atoms with Gasteiger partial charge < -0.3 is 10.2 Å². The monoisotopic (exact) mass is 323 g/mol. The maximum atomic E-state index is 12.1. The van der Waals surface area contributed by atoms with Crippen LogP contribution in [0.1, 0.15) is 13.8 Å². The van der Waals surface area contributed by atoms with Crippen LogP contribution >= 0.6 is 0 Å². The molecule has 6 nitrogen and oxygen atoms in total. The van der Waals surface area contributed by atoms with Crippen molar-refractivity contribution in [3.8, 4) is 0 Å². The minimum absolute atomic E-state index is 0.0359. The molecule has 0 radical (unpaired) electrons. The average molecular weight is 323 g/mol. The minimum Gasteiger partial charge on any atom is -0.372 e. The number of sulfone groups is 1. The fraction of sp³-hybridized carbons (Fsp3) is 0.533. The summed E-state index contributed by atoms with van der Waals surface area (Å²) in [5.74, 6) is 0.0750. The molecule has 1 N–H and O–H groups in total. The second kappa shape index (κ2) is 5.46. The van der Waals surface area contributed by atoms with E-state index in [2.05, 4.69) is 24.1 Å². The number of urea groups is 1. The van der Waals surface area contributed by atoms with Gasteiger partial charge in [-0.3, -0.25) is 4.90 Å². The third-order valence-corrected chi connectivity index (χ3v) is 6.15. The summed E-state index contributed by atoms with van der Waals surface area (Å²) in [5.41, 5.74) is 1.85. The molecular formula is C15H21N3O3S. The van der Waals surface area contributed by atoms with E-state index in [1.54, 1.807) is 4.90 Å². The number of anilines is 2. The van der Waals surface area contributed by atoms with E-state index >= 15 is 0 Å². The highest BCUT2D eigenvalue weighted by Gasteiger charge is 2.49. The zero-order chi connectivity index (χ0) is 15.9. The molecule has 2 fully saturated rings. The van der Waals surface area contributed by atoms with Gasteiger partial charge in [0.15, 0.2) is 9.84 Å². The van der Waals surface area contributed by atoms with Gasteiger partial charge in [0.05, 0.1) is 23.6 Å². The van der Waals surface area contributed by atoms with Crippen molar-refractivity contribution in [2.75, 3.05) is 34.4 Å². The normalized spacial score (nSPS) is 25.9. The molecular weight excluding hydrogens is 302 g/mol. The van der Waals surface area contributed by atoms with Crippen molar-refractivity contribution in [2.45, 2.75) is 25.9 Å². The summed E-state index contributed by atoms with van der Waals surface area (Å²) in [6, 6.07) is 6.94. The standard InChI is InChI=1S/C15H21N3O3S/c1-3-17(4-2)11-5-7-12(8-6-11)18-14-10-22(20,21)9-13(14)16-15(18)19/h5-8,13-14H,3-4,9-10H2,1-2H3,(H,16,19). The molecule has 0 bridgehead atoms. The van der Waals surface area contributed by atoms with Gasteiger partial charge in [-0.2, -0.15) is 0 Å². The predicted molar refractivity (Wildman–Crippen MR) is 87.2 cm³/mol. The number of amides is 2. The van der Waals surface area contributed by atoms with E-state index in [0.717, 1.165) is 24.5 Å². The molecule has 0 aromatic heterocycles. The first-order chi connectivity index (χ1) is 10.4. The lowest BCUT2D eigenvalue weighted by atomic mass is 10.1. The Morgan fingerprint density at radius 2 is 1.82 bits per heavy atom. The predicted octanol–water partition coefficient (Wildman–Crippen LogP) is 1.23. The fourth-order valence-corrected chi connectivity index (χ4v) is 5.21. The smallest absolute Gasteiger partial charge is 0.322 e. The Labute approximate surface area is 131 Å². The third-order valence-electron chi connectivity index (χ3n) is 4.44. The molecule has 0 spiro atoms. The summed E-state index contributed by atoms with van der Waals surface area (Å²) in [4.78, 5) is 15.9. The highest BCUT2D eigenvalue weighted by molar-refractivity contribution is 7.91. The van der Waals surface area contributed by atoms with Crippen molar-refractivity contribution < 1.29 is 13.2 Å². The summed E-state index contributed by atoms with van der Waals surface area (Å²) in [6.07, 6.45) is 0. The largest absolute Gasteiger partial charge is 0.372 e. The van der Waals surface area contributed by atoms with Gasteiger partial charge in [-0.05, 0) is 38.1 Å². The van der Waals surface area contributed by atoms with Gasteiger partial charge in [0.2, 0.25) is 0 Å². The summed E-state index contributed by atoms with van der Waals surface area (Å²) in [6.45, 7) is 6.03. The van der Waals surface area contributed by atoms with Crippen LogP contribution in [0.4, 0.5) is 16.2 Å². The van der Waals surface area contributed by atoms with Gasteiger partial charge in [0.1, 0.15) is 0 Å². The Balaban J connectivity index is 1.86. The molecule has 2 saturated heterocycles. The molecule has 2 amide bonds. The summed E-state index contributed by atoms with van der Waals surface area (Å²) >= 11 is 0. The average Bonchev–Trinajstić information content (AvgIpc) is 2.91. The lowest BCUT2D eigenvalue weighted by molar-refractivity contribution is 0.251. The van der Waals surface area contributed by atoms with Crippen LogP contribution in [0.3, 0.4) is 0 Å². The van der Waals surface area contributed by atoms with Crippen LogP contribution in [0.25, 0.3) is 0 Å². The lowest BCUT2D eigenvalue weighted by Crippen LogP contribution is -2.36. The van der Waals surface area contributed by atoms with Crippen LogP contribution in [-0.2, 0) is 9.84 Å². The topological polar surface area (TPSA) is 69.7 Å². The Hall–Kier alpha value is -1.76. The van der Waals surface area contributed by atoms with Gasteiger partial charge in [-0.25, -0.2) is 13.2 Å². The van der Waals surface area contributed by atoms with Crippen LogP contribution in [0, 0.1) is 0 Å². The molecule has 1 aromatic carbocycles. The molecule has 7 heteroatoms.